The largest absolute Gasteiger partial charge is 0.390 e. The zero-order valence-corrected chi connectivity index (χ0v) is 17.0. The Labute approximate surface area is 162 Å². The van der Waals surface area contributed by atoms with Crippen LogP contribution in [0.25, 0.3) is 0 Å². The normalized spacial score (nSPS) is 12.4. The second-order valence-electron chi connectivity index (χ2n) is 5.00. The fourth-order valence-electron chi connectivity index (χ4n) is 1.77. The molecule has 1 rings (SSSR count). The average Bonchev–Trinajstić information content (AvgIpc) is 2.50. The molecule has 0 aromatic heterocycles. The Kier molecular flexibility index (Phi) is 10.3. The number of sulfonamides is 1. The van der Waals surface area contributed by atoms with Crippen molar-refractivity contribution in [3.05, 3.63) is 35.4 Å². The molecule has 0 spiro atoms. The van der Waals surface area contributed by atoms with Crippen molar-refractivity contribution in [3.63, 3.8) is 0 Å². The van der Waals surface area contributed by atoms with Crippen LogP contribution in [0, 0.1) is 0 Å². The van der Waals surface area contributed by atoms with Crippen molar-refractivity contribution in [3.8, 4) is 0 Å². The second kappa shape index (κ2) is 10.8. The standard InChI is InChI=1S/C14H21F3N4O2S.HI/c1-18-13(20-8-7-14(15,16)17)21-9-11-3-5-12(6-4-11)10-24(22,23)19-2;/h3-6,19H,7-10H2,1-2H3,(H2,18,20,21);1H. The number of nitrogens with zero attached hydrogens (tertiary/aromatic N) is 1. The highest BCUT2D eigenvalue weighted by atomic mass is 127. The van der Waals surface area contributed by atoms with Gasteiger partial charge in [-0.15, -0.1) is 24.0 Å². The monoisotopic (exact) mass is 494 g/mol. The Morgan fingerprint density at radius 2 is 1.68 bits per heavy atom. The van der Waals surface area contributed by atoms with E-state index < -0.39 is 22.6 Å². The van der Waals surface area contributed by atoms with E-state index in [-0.39, 0.29) is 42.2 Å². The van der Waals surface area contributed by atoms with Gasteiger partial charge in [-0.25, -0.2) is 13.1 Å². The van der Waals surface area contributed by atoms with E-state index >= 15 is 0 Å². The van der Waals surface area contributed by atoms with Crippen molar-refractivity contribution in [1.29, 1.82) is 0 Å². The van der Waals surface area contributed by atoms with Crippen molar-refractivity contribution < 1.29 is 21.6 Å². The fourth-order valence-corrected chi connectivity index (χ4v) is 2.55. The molecule has 0 amide bonds. The number of rotatable bonds is 7. The van der Waals surface area contributed by atoms with Crippen molar-refractivity contribution in [1.82, 2.24) is 15.4 Å². The van der Waals surface area contributed by atoms with Gasteiger partial charge in [0.1, 0.15) is 0 Å². The van der Waals surface area contributed by atoms with Gasteiger partial charge in [0.25, 0.3) is 0 Å². The van der Waals surface area contributed by atoms with E-state index in [0.29, 0.717) is 12.1 Å². The molecule has 0 aliphatic carbocycles. The molecule has 0 unspecified atom stereocenters. The van der Waals surface area contributed by atoms with Crippen LogP contribution in [-0.2, 0) is 22.3 Å². The Morgan fingerprint density at radius 3 is 2.16 bits per heavy atom. The van der Waals surface area contributed by atoms with Gasteiger partial charge in [0.15, 0.2) is 5.96 Å². The molecule has 0 saturated heterocycles. The first-order chi connectivity index (χ1) is 11.1. The van der Waals surface area contributed by atoms with E-state index in [4.69, 9.17) is 0 Å². The predicted molar refractivity (Wildman–Crippen MR) is 102 cm³/mol. The van der Waals surface area contributed by atoms with Crippen LogP contribution in [0.1, 0.15) is 17.5 Å². The molecular weight excluding hydrogens is 472 g/mol. The van der Waals surface area contributed by atoms with Crippen molar-refractivity contribution >= 4 is 40.0 Å². The number of halogens is 4. The van der Waals surface area contributed by atoms with Gasteiger partial charge in [-0.2, -0.15) is 13.2 Å². The minimum absolute atomic E-state index is 0. The summed E-state index contributed by atoms with van der Waals surface area (Å²) in [6.07, 6.45) is -5.16. The summed E-state index contributed by atoms with van der Waals surface area (Å²) in [4.78, 5) is 3.84. The highest BCUT2D eigenvalue weighted by molar-refractivity contribution is 14.0. The van der Waals surface area contributed by atoms with Gasteiger partial charge < -0.3 is 10.6 Å². The van der Waals surface area contributed by atoms with Gasteiger partial charge in [-0.3, -0.25) is 4.99 Å². The summed E-state index contributed by atoms with van der Waals surface area (Å²) in [5, 5.41) is 5.47. The SMILES string of the molecule is CN=C(NCCC(F)(F)F)NCc1ccc(CS(=O)(=O)NC)cc1.I. The third kappa shape index (κ3) is 10.5. The number of benzene rings is 1. The molecule has 1 aromatic rings. The van der Waals surface area contributed by atoms with Crippen LogP contribution in [0.15, 0.2) is 29.3 Å². The molecule has 0 radical (unpaired) electrons. The minimum atomic E-state index is -4.21. The number of aliphatic imine (C=N–C) groups is 1. The molecule has 0 fully saturated rings. The van der Waals surface area contributed by atoms with E-state index in [1.54, 1.807) is 24.3 Å². The Morgan fingerprint density at radius 1 is 1.12 bits per heavy atom. The van der Waals surface area contributed by atoms with Crippen LogP contribution < -0.4 is 15.4 Å². The maximum absolute atomic E-state index is 12.1. The number of hydrogen-bond donors (Lipinski definition) is 3. The molecular formula is C14H22F3IN4O2S. The summed E-state index contributed by atoms with van der Waals surface area (Å²) in [6, 6.07) is 6.87. The summed E-state index contributed by atoms with van der Waals surface area (Å²) >= 11 is 0. The molecule has 0 aliphatic heterocycles. The Balaban J connectivity index is 0.00000576. The Bertz CT molecular complexity index is 649. The van der Waals surface area contributed by atoms with Crippen molar-refractivity contribution in [2.45, 2.75) is 24.9 Å². The molecule has 0 atom stereocenters. The lowest BCUT2D eigenvalue weighted by atomic mass is 10.1. The Hall–Kier alpha value is -1.08. The van der Waals surface area contributed by atoms with E-state index in [1.807, 2.05) is 0 Å². The zero-order valence-electron chi connectivity index (χ0n) is 13.9. The maximum Gasteiger partial charge on any atom is 0.390 e. The lowest BCUT2D eigenvalue weighted by Gasteiger charge is -2.13. The lowest BCUT2D eigenvalue weighted by Crippen LogP contribution is -2.38. The molecule has 144 valence electrons. The minimum Gasteiger partial charge on any atom is -0.356 e. The molecule has 11 heteroatoms. The zero-order chi connectivity index (χ0) is 18.2. The number of hydrogen-bond acceptors (Lipinski definition) is 3. The summed E-state index contributed by atoms with van der Waals surface area (Å²) in [5.74, 6) is 0.152. The van der Waals surface area contributed by atoms with Crippen molar-refractivity contribution in [2.75, 3.05) is 20.6 Å². The number of nitrogens with one attached hydrogen (secondary N) is 3. The number of guanidine groups is 1. The van der Waals surface area contributed by atoms with Crippen LogP contribution in [0.2, 0.25) is 0 Å². The summed E-state index contributed by atoms with van der Waals surface area (Å²) in [6.45, 7) is 0.0920. The van der Waals surface area contributed by atoms with Gasteiger partial charge in [0.05, 0.1) is 12.2 Å². The molecule has 0 bridgehead atoms. The lowest BCUT2D eigenvalue weighted by molar-refractivity contribution is -0.132. The van der Waals surface area contributed by atoms with E-state index in [1.165, 1.54) is 14.1 Å². The first-order valence-corrected chi connectivity index (χ1v) is 8.81. The van der Waals surface area contributed by atoms with Crippen LogP contribution in [-0.4, -0.2) is 41.2 Å². The summed E-state index contributed by atoms with van der Waals surface area (Å²) < 4.78 is 61.4. The fraction of sp³-hybridized carbons (Fsp3) is 0.500. The van der Waals surface area contributed by atoms with Gasteiger partial charge in [0.2, 0.25) is 10.0 Å². The molecule has 1 aromatic carbocycles. The van der Waals surface area contributed by atoms with Gasteiger partial charge in [0, 0.05) is 20.1 Å². The van der Waals surface area contributed by atoms with Gasteiger partial charge in [-0.1, -0.05) is 24.3 Å². The molecule has 25 heavy (non-hydrogen) atoms. The highest BCUT2D eigenvalue weighted by Gasteiger charge is 2.26. The van der Waals surface area contributed by atoms with Gasteiger partial charge in [-0.05, 0) is 18.2 Å². The van der Waals surface area contributed by atoms with Crippen LogP contribution >= 0.6 is 24.0 Å². The summed E-state index contributed by atoms with van der Waals surface area (Å²) in [5.41, 5.74) is 1.49. The van der Waals surface area contributed by atoms with E-state index in [2.05, 4.69) is 20.3 Å². The topological polar surface area (TPSA) is 82.6 Å². The molecule has 3 N–H and O–H groups in total. The quantitative estimate of drug-likeness (QED) is 0.308. The molecule has 0 aliphatic rings. The molecule has 6 nitrogen and oxygen atoms in total. The average molecular weight is 494 g/mol. The predicted octanol–water partition coefficient (Wildman–Crippen LogP) is 1.97. The molecule has 0 heterocycles. The maximum atomic E-state index is 12.1. The third-order valence-electron chi connectivity index (χ3n) is 3.08. The van der Waals surface area contributed by atoms with Crippen LogP contribution in [0.5, 0.6) is 0 Å². The van der Waals surface area contributed by atoms with E-state index in [9.17, 15) is 21.6 Å². The van der Waals surface area contributed by atoms with Crippen molar-refractivity contribution in [2.24, 2.45) is 4.99 Å². The van der Waals surface area contributed by atoms with Crippen LogP contribution in [0.3, 0.4) is 0 Å². The summed E-state index contributed by atoms with van der Waals surface area (Å²) in [7, 11) is -0.505. The van der Waals surface area contributed by atoms with Crippen LogP contribution in [0.4, 0.5) is 13.2 Å². The molecule has 0 saturated carbocycles. The smallest absolute Gasteiger partial charge is 0.356 e. The highest BCUT2D eigenvalue weighted by Crippen LogP contribution is 2.18. The number of alkyl halides is 3. The second-order valence-corrected chi connectivity index (χ2v) is 6.92. The van der Waals surface area contributed by atoms with Gasteiger partial charge >= 0.3 is 6.18 Å². The first-order valence-electron chi connectivity index (χ1n) is 7.15. The third-order valence-corrected chi connectivity index (χ3v) is 4.41. The first kappa shape index (κ1) is 23.9. The van der Waals surface area contributed by atoms with E-state index in [0.717, 1.165) is 5.56 Å².